The summed E-state index contributed by atoms with van der Waals surface area (Å²) in [5, 5.41) is 23.3. The Morgan fingerprint density at radius 1 is 0.460 bits per heavy atom. The first-order chi connectivity index (χ1) is 24.2. The van der Waals surface area contributed by atoms with Crippen LogP contribution in [0.1, 0.15) is 41.4 Å². The maximum absolute atomic E-state index is 12.1. The van der Waals surface area contributed by atoms with E-state index < -0.39 is 23.8 Å². The molecule has 0 spiro atoms. The van der Waals surface area contributed by atoms with Gasteiger partial charge >= 0.3 is 11.9 Å². The Hall–Kier alpha value is -7.34. The molecule has 2 heterocycles. The van der Waals surface area contributed by atoms with Gasteiger partial charge in [0, 0.05) is 21.9 Å². The van der Waals surface area contributed by atoms with Gasteiger partial charge in [-0.3, -0.25) is 9.59 Å². The van der Waals surface area contributed by atoms with Gasteiger partial charge < -0.3 is 31.6 Å². The minimum Gasteiger partial charge on any atom is -0.478 e. The number of nitrogens with zero attached hydrogens (tertiary/aromatic N) is 2. The number of amides is 2. The zero-order chi connectivity index (χ0) is 35.1. The third-order valence-electron chi connectivity index (χ3n) is 8.55. The number of primary amides is 2. The number of nitrogens with one attached hydrogen (secondary N) is 2. The van der Waals surface area contributed by atoms with Crippen LogP contribution in [0.15, 0.2) is 110 Å². The Morgan fingerprint density at radius 2 is 0.800 bits per heavy atom. The fraction of sp³-hybridized carbons (Fsp3) is 0. The third-order valence-corrected chi connectivity index (χ3v) is 8.55. The van der Waals surface area contributed by atoms with E-state index in [1.54, 1.807) is 36.9 Å². The van der Waals surface area contributed by atoms with Gasteiger partial charge in [-0.15, -0.1) is 0 Å². The summed E-state index contributed by atoms with van der Waals surface area (Å²) in [6.07, 6.45) is 3.40. The molecule has 0 atom stereocenters. The van der Waals surface area contributed by atoms with Crippen molar-refractivity contribution in [2.45, 2.75) is 0 Å². The van der Waals surface area contributed by atoms with E-state index in [2.05, 4.69) is 19.9 Å². The Balaban J connectivity index is 0.000000174. The van der Waals surface area contributed by atoms with Crippen molar-refractivity contribution in [3.05, 3.63) is 132 Å². The Morgan fingerprint density at radius 3 is 1.14 bits per heavy atom. The predicted octanol–water partition coefficient (Wildman–Crippen LogP) is 6.46. The van der Waals surface area contributed by atoms with Crippen molar-refractivity contribution in [3.63, 3.8) is 0 Å². The van der Waals surface area contributed by atoms with Gasteiger partial charge in [0.1, 0.15) is 0 Å². The number of carbonyl (C=O) groups is 4. The summed E-state index contributed by atoms with van der Waals surface area (Å²) < 4.78 is 0. The number of fused-ring (bicyclic) bond motifs is 4. The molecule has 9 rings (SSSR count). The summed E-state index contributed by atoms with van der Waals surface area (Å²) in [5.41, 5.74) is 15.4. The quantitative estimate of drug-likeness (QED) is 0.0905. The van der Waals surface area contributed by atoms with Gasteiger partial charge in [-0.05, 0) is 80.8 Å². The highest BCUT2D eigenvalue weighted by Gasteiger charge is 2.24. The zero-order valence-corrected chi connectivity index (χ0v) is 26.0. The highest BCUT2D eigenvalue weighted by Crippen LogP contribution is 2.43. The second-order valence-corrected chi connectivity index (χ2v) is 11.3. The molecule has 0 saturated heterocycles. The van der Waals surface area contributed by atoms with Crippen LogP contribution in [0.3, 0.4) is 0 Å². The number of aromatic amines is 2. The number of imidazole rings is 2. The summed E-state index contributed by atoms with van der Waals surface area (Å²) in [5.74, 6) is -3.95. The maximum atomic E-state index is 12.1. The second-order valence-electron chi connectivity index (χ2n) is 11.3. The topological polar surface area (TPSA) is 218 Å². The molecule has 9 aromatic rings. The Kier molecular flexibility index (Phi) is 7.73. The molecule has 12 nitrogen and oxygen atoms in total. The van der Waals surface area contributed by atoms with Gasteiger partial charge in [0.25, 0.3) is 0 Å². The lowest BCUT2D eigenvalue weighted by Crippen LogP contribution is -2.16. The standard InChI is InChI=1S/C24H14N2O6.2C7H6N2/c25-21(27)13-5-1-9-11-3-7-15(23(29)30)20-16(24(31)32)8-4-12(18(11)20)10-2-6-14(22(26)28)19(13)17(9)10;2*1-2-4-7-6(3-1)8-5-9-7/h1-8H,(H2,25,27)(H2,26,28)(H,29,30)(H,31,32);2*1-5H,(H,8,9). The summed E-state index contributed by atoms with van der Waals surface area (Å²) in [6, 6.07) is 28.1. The molecule has 7 aromatic carbocycles. The van der Waals surface area contributed by atoms with Gasteiger partial charge in [-0.25, -0.2) is 19.6 Å². The molecule has 0 unspecified atom stereocenters. The van der Waals surface area contributed by atoms with E-state index in [0.717, 1.165) is 22.1 Å². The van der Waals surface area contributed by atoms with Crippen LogP contribution in [-0.4, -0.2) is 53.9 Å². The highest BCUT2D eigenvalue weighted by molar-refractivity contribution is 6.38. The van der Waals surface area contributed by atoms with Crippen molar-refractivity contribution in [3.8, 4) is 0 Å². The van der Waals surface area contributed by atoms with Crippen molar-refractivity contribution in [2.75, 3.05) is 0 Å². The monoisotopic (exact) mass is 662 g/mol. The molecule has 8 N–H and O–H groups in total. The molecule has 0 aliphatic carbocycles. The summed E-state index contributed by atoms with van der Waals surface area (Å²) >= 11 is 0. The van der Waals surface area contributed by atoms with Crippen molar-refractivity contribution in [1.82, 2.24) is 19.9 Å². The number of nitrogens with two attached hydrogens (primary N) is 2. The summed E-state index contributed by atoms with van der Waals surface area (Å²) in [6.45, 7) is 0. The minimum atomic E-state index is -1.25. The molecule has 2 aromatic heterocycles. The van der Waals surface area contributed by atoms with Gasteiger partial charge in [0.15, 0.2) is 0 Å². The SMILES string of the molecule is NC(=O)c1ccc2c3ccc(C(=O)O)c4c(C(=O)O)ccc(c5ccc(C(N)=O)c1c25)c43.c1ccc2[nH]cnc2c1.c1ccc2[nH]cnc2c1. The van der Waals surface area contributed by atoms with Crippen LogP contribution in [0.5, 0.6) is 0 Å². The molecule has 0 aliphatic rings. The fourth-order valence-electron chi connectivity index (χ4n) is 6.42. The van der Waals surface area contributed by atoms with E-state index in [-0.39, 0.29) is 27.6 Å². The third kappa shape index (κ3) is 5.22. The predicted molar refractivity (Wildman–Crippen MR) is 191 cm³/mol. The van der Waals surface area contributed by atoms with E-state index >= 15 is 0 Å². The summed E-state index contributed by atoms with van der Waals surface area (Å²) in [7, 11) is 0. The van der Waals surface area contributed by atoms with E-state index in [0.29, 0.717) is 37.7 Å². The molecular weight excluding hydrogens is 636 g/mol. The van der Waals surface area contributed by atoms with E-state index in [1.165, 1.54) is 24.3 Å². The number of rotatable bonds is 4. The first-order valence-corrected chi connectivity index (χ1v) is 15.2. The van der Waals surface area contributed by atoms with Gasteiger partial charge in [0.05, 0.1) is 45.8 Å². The van der Waals surface area contributed by atoms with Crippen molar-refractivity contribution < 1.29 is 29.4 Å². The smallest absolute Gasteiger partial charge is 0.336 e. The fourth-order valence-corrected chi connectivity index (χ4v) is 6.42. The molecule has 12 heteroatoms. The second kappa shape index (κ2) is 12.4. The number of carboxylic acid groups (broad SMARTS) is 2. The lowest BCUT2D eigenvalue weighted by Gasteiger charge is -2.18. The number of aromatic carboxylic acids is 2. The van der Waals surface area contributed by atoms with Crippen LogP contribution in [-0.2, 0) is 0 Å². The van der Waals surface area contributed by atoms with Crippen LogP contribution in [0.2, 0.25) is 0 Å². The van der Waals surface area contributed by atoms with Crippen LogP contribution in [0, 0.1) is 0 Å². The number of carboxylic acids is 2. The molecule has 0 saturated carbocycles. The summed E-state index contributed by atoms with van der Waals surface area (Å²) in [4.78, 5) is 62.2. The lowest BCUT2D eigenvalue weighted by atomic mass is 9.84. The van der Waals surface area contributed by atoms with Gasteiger partial charge in [-0.2, -0.15) is 0 Å². The van der Waals surface area contributed by atoms with Crippen LogP contribution >= 0.6 is 0 Å². The minimum absolute atomic E-state index is 0.108. The molecular formula is C38H26N6O6. The van der Waals surface area contributed by atoms with Crippen LogP contribution in [0.25, 0.3) is 65.2 Å². The van der Waals surface area contributed by atoms with E-state index in [1.807, 2.05) is 48.5 Å². The Bertz CT molecular complexity index is 2430. The molecule has 0 fully saturated rings. The first-order valence-electron chi connectivity index (χ1n) is 15.2. The number of aromatic nitrogens is 4. The number of H-pyrrole nitrogens is 2. The maximum Gasteiger partial charge on any atom is 0.336 e. The van der Waals surface area contributed by atoms with Crippen LogP contribution < -0.4 is 11.5 Å². The molecule has 244 valence electrons. The number of para-hydroxylation sites is 4. The van der Waals surface area contributed by atoms with Gasteiger partial charge in [-0.1, -0.05) is 48.5 Å². The number of hydrogen-bond donors (Lipinski definition) is 6. The lowest BCUT2D eigenvalue weighted by molar-refractivity contribution is 0.0695. The first kappa shape index (κ1) is 31.3. The number of hydrogen-bond acceptors (Lipinski definition) is 6. The largest absolute Gasteiger partial charge is 0.478 e. The van der Waals surface area contributed by atoms with E-state index in [9.17, 15) is 29.4 Å². The molecule has 0 aliphatic heterocycles. The molecule has 0 bridgehead atoms. The van der Waals surface area contributed by atoms with E-state index in [4.69, 9.17) is 11.5 Å². The molecule has 0 radical (unpaired) electrons. The van der Waals surface area contributed by atoms with Crippen molar-refractivity contribution >= 4 is 88.9 Å². The average Bonchev–Trinajstić information content (AvgIpc) is 3.80. The van der Waals surface area contributed by atoms with Gasteiger partial charge in [0.2, 0.25) is 11.8 Å². The highest BCUT2D eigenvalue weighted by atomic mass is 16.4. The number of carbonyl (C=O) groups excluding carboxylic acids is 2. The van der Waals surface area contributed by atoms with Crippen molar-refractivity contribution in [2.24, 2.45) is 11.5 Å². The zero-order valence-electron chi connectivity index (χ0n) is 26.0. The van der Waals surface area contributed by atoms with Crippen molar-refractivity contribution in [1.29, 1.82) is 0 Å². The molecule has 2 amide bonds. The number of benzene rings is 7. The average molecular weight is 663 g/mol. The normalized spacial score (nSPS) is 11.0. The Labute approximate surface area is 281 Å². The van der Waals surface area contributed by atoms with Crippen LogP contribution in [0.4, 0.5) is 0 Å². The molecule has 50 heavy (non-hydrogen) atoms.